The van der Waals surface area contributed by atoms with E-state index in [9.17, 15) is 4.79 Å². The highest BCUT2D eigenvalue weighted by atomic mass is 35.5. The van der Waals surface area contributed by atoms with Gasteiger partial charge in [-0.3, -0.25) is 4.79 Å². The topological polar surface area (TPSA) is 53.8 Å². The van der Waals surface area contributed by atoms with Gasteiger partial charge in [0.2, 0.25) is 0 Å². The molecule has 3 unspecified atom stereocenters. The summed E-state index contributed by atoms with van der Waals surface area (Å²) < 4.78 is 0. The summed E-state index contributed by atoms with van der Waals surface area (Å²) in [5.41, 5.74) is 2.19. The molecule has 158 valence electrons. The van der Waals surface area contributed by atoms with Crippen LogP contribution in [0, 0.1) is 0 Å². The molecule has 0 saturated carbocycles. The third-order valence-corrected chi connectivity index (χ3v) is 6.18. The molecule has 1 N–H and O–H groups in total. The first-order chi connectivity index (χ1) is 14.9. The molecule has 3 aromatic rings. The summed E-state index contributed by atoms with van der Waals surface area (Å²) in [6, 6.07) is 18.6. The van der Waals surface area contributed by atoms with Crippen LogP contribution in [0.25, 0.3) is 0 Å². The molecule has 0 aromatic heterocycles. The van der Waals surface area contributed by atoms with Crippen molar-refractivity contribution in [3.8, 4) is 0 Å². The number of hydrogen-bond acceptors (Lipinski definition) is 3. The Morgan fingerprint density at radius 2 is 1.58 bits per heavy atom. The van der Waals surface area contributed by atoms with Crippen LogP contribution in [0.2, 0.25) is 20.1 Å². The number of nitrogens with zero attached hydrogens (tertiary/aromatic N) is 2. The largest absolute Gasteiger partial charge is 0.343 e. The van der Waals surface area contributed by atoms with Crippen LogP contribution in [0.1, 0.15) is 40.0 Å². The number of halogens is 4. The molecular formula is C23H17Cl4N3O. The molecule has 8 heteroatoms. The maximum Gasteiger partial charge on any atom is 0.251 e. The number of carbonyl (C=O) groups excluding carboxylic acids is 1. The van der Waals surface area contributed by atoms with Gasteiger partial charge in [0.05, 0.1) is 18.1 Å². The first-order valence-electron chi connectivity index (χ1n) is 9.57. The molecule has 31 heavy (non-hydrogen) atoms. The Bertz CT molecular complexity index is 1130. The second-order valence-electron chi connectivity index (χ2n) is 7.23. The molecule has 3 atom stereocenters. The van der Waals surface area contributed by atoms with Gasteiger partial charge in [0.1, 0.15) is 0 Å². The van der Waals surface area contributed by atoms with Gasteiger partial charge in [0.15, 0.2) is 0 Å². The van der Waals surface area contributed by atoms with E-state index in [2.05, 4.69) is 15.5 Å². The lowest BCUT2D eigenvalue weighted by molar-refractivity contribution is 0.0930. The number of amides is 1. The number of hydrogen-bond donors (Lipinski definition) is 1. The molecular weight excluding hydrogens is 476 g/mol. The van der Waals surface area contributed by atoms with Gasteiger partial charge in [-0.25, -0.2) is 0 Å². The highest BCUT2D eigenvalue weighted by Crippen LogP contribution is 2.38. The number of benzene rings is 3. The van der Waals surface area contributed by atoms with Crippen LogP contribution < -0.4 is 5.32 Å². The predicted molar refractivity (Wildman–Crippen MR) is 126 cm³/mol. The highest BCUT2D eigenvalue weighted by Gasteiger charge is 2.33. The standard InChI is InChI=1S/C23H17Cl4N3O/c24-15-6-4-13(5-7-15)20-12-21(30-29-20)22(18-9-8-17(26)11-19(18)27)28-23(31)14-2-1-3-16(25)10-14/h1-11,20-22H,12H2,(H,28,31). The maximum atomic E-state index is 13.0. The Morgan fingerprint density at radius 3 is 2.29 bits per heavy atom. The number of rotatable bonds is 5. The third kappa shape index (κ3) is 5.21. The van der Waals surface area contributed by atoms with E-state index in [-0.39, 0.29) is 18.0 Å². The van der Waals surface area contributed by atoms with E-state index in [1.54, 1.807) is 42.5 Å². The average Bonchev–Trinajstić information content (AvgIpc) is 3.23. The van der Waals surface area contributed by atoms with E-state index in [1.165, 1.54) is 0 Å². The average molecular weight is 493 g/mol. The summed E-state index contributed by atoms with van der Waals surface area (Å²) in [7, 11) is 0. The Hall–Kier alpha value is -2.11. The Kier molecular flexibility index (Phi) is 6.83. The molecule has 0 saturated heterocycles. The normalized spacial score (nSPS) is 18.7. The molecule has 3 aromatic carbocycles. The van der Waals surface area contributed by atoms with Crippen LogP contribution in [0.5, 0.6) is 0 Å². The predicted octanol–water partition coefficient (Wildman–Crippen LogP) is 7.74. The SMILES string of the molecule is O=C(NC(c1ccc(Cl)cc1Cl)C1CC(c2ccc(Cl)cc2)N=N1)c1cccc(Cl)c1. The van der Waals surface area contributed by atoms with Crippen molar-refractivity contribution in [1.29, 1.82) is 0 Å². The molecule has 0 fully saturated rings. The van der Waals surface area contributed by atoms with Crippen molar-refractivity contribution in [2.75, 3.05) is 0 Å². The van der Waals surface area contributed by atoms with Crippen LogP contribution in [0.15, 0.2) is 77.0 Å². The lowest BCUT2D eigenvalue weighted by Gasteiger charge is -2.24. The monoisotopic (exact) mass is 491 g/mol. The van der Waals surface area contributed by atoms with Crippen molar-refractivity contribution in [3.05, 3.63) is 104 Å². The maximum absolute atomic E-state index is 13.0. The fourth-order valence-electron chi connectivity index (χ4n) is 3.57. The Morgan fingerprint density at radius 1 is 0.871 bits per heavy atom. The van der Waals surface area contributed by atoms with Gasteiger partial charge in [-0.05, 0) is 53.6 Å². The van der Waals surface area contributed by atoms with Crippen molar-refractivity contribution in [3.63, 3.8) is 0 Å². The minimum absolute atomic E-state index is 0.126. The van der Waals surface area contributed by atoms with E-state index in [0.29, 0.717) is 32.1 Å². The lowest BCUT2D eigenvalue weighted by Crippen LogP contribution is -2.35. The summed E-state index contributed by atoms with van der Waals surface area (Å²) in [6.45, 7) is 0. The van der Waals surface area contributed by atoms with Crippen LogP contribution >= 0.6 is 46.4 Å². The summed E-state index contributed by atoms with van der Waals surface area (Å²) in [6.07, 6.45) is 0.612. The number of carbonyl (C=O) groups is 1. The Balaban J connectivity index is 1.62. The van der Waals surface area contributed by atoms with Gasteiger partial charge >= 0.3 is 0 Å². The zero-order valence-electron chi connectivity index (χ0n) is 16.1. The molecule has 4 rings (SSSR count). The zero-order chi connectivity index (χ0) is 22.0. The van der Waals surface area contributed by atoms with Crippen molar-refractivity contribution in [2.45, 2.75) is 24.5 Å². The van der Waals surface area contributed by atoms with E-state index < -0.39 is 6.04 Å². The molecule has 1 amide bonds. The first-order valence-corrected chi connectivity index (χ1v) is 11.1. The second-order valence-corrected chi connectivity index (χ2v) is 8.95. The fraction of sp³-hybridized carbons (Fsp3) is 0.174. The number of nitrogens with one attached hydrogen (secondary N) is 1. The number of azo groups is 1. The smallest absolute Gasteiger partial charge is 0.251 e. The Labute approximate surface area is 200 Å². The minimum atomic E-state index is -0.489. The van der Waals surface area contributed by atoms with E-state index >= 15 is 0 Å². The van der Waals surface area contributed by atoms with Crippen molar-refractivity contribution in [2.24, 2.45) is 10.2 Å². The van der Waals surface area contributed by atoms with Gasteiger partial charge < -0.3 is 5.32 Å². The lowest BCUT2D eigenvalue weighted by atomic mass is 9.93. The van der Waals surface area contributed by atoms with Crippen molar-refractivity contribution >= 4 is 52.3 Å². The van der Waals surface area contributed by atoms with Crippen LogP contribution in [-0.4, -0.2) is 11.9 Å². The minimum Gasteiger partial charge on any atom is -0.343 e. The van der Waals surface area contributed by atoms with E-state index in [4.69, 9.17) is 46.4 Å². The summed E-state index contributed by atoms with van der Waals surface area (Å²) >= 11 is 24.6. The van der Waals surface area contributed by atoms with Gasteiger partial charge in [-0.1, -0.05) is 70.7 Å². The van der Waals surface area contributed by atoms with Gasteiger partial charge in [-0.2, -0.15) is 10.2 Å². The summed E-state index contributed by atoms with van der Waals surface area (Å²) in [5.74, 6) is -0.274. The molecule has 0 spiro atoms. The second kappa shape index (κ2) is 9.58. The van der Waals surface area contributed by atoms with E-state index in [1.807, 2.05) is 24.3 Å². The third-order valence-electron chi connectivity index (χ3n) is 5.13. The van der Waals surface area contributed by atoms with Crippen LogP contribution in [0.4, 0.5) is 0 Å². The molecule has 4 nitrogen and oxygen atoms in total. The molecule has 1 aliphatic heterocycles. The molecule has 0 radical (unpaired) electrons. The van der Waals surface area contributed by atoms with E-state index in [0.717, 1.165) is 11.1 Å². The first kappa shape index (κ1) is 22.1. The van der Waals surface area contributed by atoms with Crippen molar-refractivity contribution in [1.82, 2.24) is 5.32 Å². The molecule has 1 heterocycles. The van der Waals surface area contributed by atoms with Gasteiger partial charge in [0, 0.05) is 32.1 Å². The summed E-state index contributed by atoms with van der Waals surface area (Å²) in [5, 5.41) is 14.1. The fourth-order valence-corrected chi connectivity index (χ4v) is 4.41. The van der Waals surface area contributed by atoms with Crippen molar-refractivity contribution < 1.29 is 4.79 Å². The van der Waals surface area contributed by atoms with Gasteiger partial charge in [-0.15, -0.1) is 0 Å². The van der Waals surface area contributed by atoms with Crippen LogP contribution in [0.3, 0.4) is 0 Å². The molecule has 0 bridgehead atoms. The summed E-state index contributed by atoms with van der Waals surface area (Å²) in [4.78, 5) is 13.0. The zero-order valence-corrected chi connectivity index (χ0v) is 19.1. The quantitative estimate of drug-likeness (QED) is 0.389. The molecule has 0 aliphatic carbocycles. The van der Waals surface area contributed by atoms with Gasteiger partial charge in [0.25, 0.3) is 5.91 Å². The molecule has 1 aliphatic rings. The highest BCUT2D eigenvalue weighted by molar-refractivity contribution is 6.35. The van der Waals surface area contributed by atoms with Crippen LogP contribution in [-0.2, 0) is 0 Å².